The quantitative estimate of drug-likeness (QED) is 0.806. The molecule has 2 heterocycles. The number of aromatic amines is 1. The number of aromatic nitrogens is 1. The molecule has 0 saturated carbocycles. The molecule has 1 fully saturated rings. The van der Waals surface area contributed by atoms with Crippen LogP contribution < -0.4 is 10.6 Å². The number of amides is 1. The van der Waals surface area contributed by atoms with Crippen molar-refractivity contribution in [2.75, 3.05) is 13.1 Å². The number of carbonyl (C=O) groups excluding carboxylic acids is 1. The second kappa shape index (κ2) is 5.23. The highest BCUT2D eigenvalue weighted by molar-refractivity contribution is 6.31. The summed E-state index contributed by atoms with van der Waals surface area (Å²) in [6, 6.07) is 7.78. The van der Waals surface area contributed by atoms with Crippen LogP contribution in [0.15, 0.2) is 24.3 Å². The van der Waals surface area contributed by atoms with E-state index < -0.39 is 0 Å². The van der Waals surface area contributed by atoms with E-state index in [-0.39, 0.29) is 5.91 Å². The van der Waals surface area contributed by atoms with E-state index in [9.17, 15) is 4.79 Å². The summed E-state index contributed by atoms with van der Waals surface area (Å²) in [6.07, 6.45) is 2.31. The van der Waals surface area contributed by atoms with Crippen LogP contribution in [0.4, 0.5) is 0 Å². The maximum Gasteiger partial charge on any atom is 0.267 e. The average molecular weight is 278 g/mol. The Morgan fingerprint density at radius 1 is 1.42 bits per heavy atom. The average Bonchev–Trinajstić information content (AvgIpc) is 3.04. The molecular formula is C14H16ClN3O. The predicted molar refractivity (Wildman–Crippen MR) is 76.7 cm³/mol. The third kappa shape index (κ3) is 2.74. The maximum atomic E-state index is 12.1. The number of halogens is 1. The highest BCUT2D eigenvalue weighted by Gasteiger charge is 2.16. The van der Waals surface area contributed by atoms with E-state index in [1.54, 1.807) is 0 Å². The minimum absolute atomic E-state index is 0.0685. The van der Waals surface area contributed by atoms with Gasteiger partial charge in [-0.25, -0.2) is 0 Å². The number of rotatable bonds is 3. The van der Waals surface area contributed by atoms with Crippen molar-refractivity contribution in [2.45, 2.75) is 18.9 Å². The Bertz CT molecular complexity index is 602. The first-order valence-corrected chi connectivity index (χ1v) is 6.90. The molecule has 3 rings (SSSR count). The zero-order valence-electron chi connectivity index (χ0n) is 10.5. The fourth-order valence-corrected chi connectivity index (χ4v) is 2.65. The number of H-pyrrole nitrogens is 1. The molecule has 1 atom stereocenters. The molecule has 0 bridgehead atoms. The molecule has 2 aromatic rings. The van der Waals surface area contributed by atoms with E-state index in [0.29, 0.717) is 23.3 Å². The monoisotopic (exact) mass is 277 g/mol. The molecule has 1 aliphatic rings. The molecule has 1 aliphatic heterocycles. The number of nitrogens with one attached hydrogen (secondary N) is 3. The Balaban J connectivity index is 1.70. The Morgan fingerprint density at radius 3 is 3.11 bits per heavy atom. The van der Waals surface area contributed by atoms with E-state index in [4.69, 9.17) is 11.6 Å². The van der Waals surface area contributed by atoms with E-state index in [1.807, 2.05) is 24.3 Å². The molecule has 1 aromatic carbocycles. The number of hydrogen-bond donors (Lipinski definition) is 3. The van der Waals surface area contributed by atoms with Gasteiger partial charge in [-0.2, -0.15) is 0 Å². The van der Waals surface area contributed by atoms with Gasteiger partial charge in [0.25, 0.3) is 5.91 Å². The number of fused-ring (bicyclic) bond motifs is 1. The first-order chi connectivity index (χ1) is 9.22. The molecule has 3 N–H and O–H groups in total. The summed E-state index contributed by atoms with van der Waals surface area (Å²) < 4.78 is 0. The van der Waals surface area contributed by atoms with Crippen LogP contribution in [0.25, 0.3) is 10.9 Å². The van der Waals surface area contributed by atoms with Crippen molar-refractivity contribution in [1.29, 1.82) is 0 Å². The van der Waals surface area contributed by atoms with Crippen molar-refractivity contribution < 1.29 is 4.79 Å². The van der Waals surface area contributed by atoms with Crippen LogP contribution in [0.1, 0.15) is 23.3 Å². The first-order valence-electron chi connectivity index (χ1n) is 6.52. The van der Waals surface area contributed by atoms with E-state index in [2.05, 4.69) is 15.6 Å². The number of benzene rings is 1. The van der Waals surface area contributed by atoms with Gasteiger partial charge in [0, 0.05) is 28.5 Å². The SMILES string of the molecule is O=C(NCC1CCCN1)c1cc2cc(Cl)ccc2[nH]1. The summed E-state index contributed by atoms with van der Waals surface area (Å²) in [5.74, 6) is -0.0685. The number of carbonyl (C=O) groups is 1. The summed E-state index contributed by atoms with van der Waals surface area (Å²) in [5, 5.41) is 7.94. The zero-order valence-corrected chi connectivity index (χ0v) is 11.3. The van der Waals surface area contributed by atoms with Gasteiger partial charge in [-0.15, -0.1) is 0 Å². The van der Waals surface area contributed by atoms with Crippen LogP contribution >= 0.6 is 11.6 Å². The van der Waals surface area contributed by atoms with Gasteiger partial charge in [0.05, 0.1) is 0 Å². The molecule has 1 saturated heterocycles. The Kier molecular flexibility index (Phi) is 3.44. The van der Waals surface area contributed by atoms with Crippen molar-refractivity contribution in [2.24, 2.45) is 0 Å². The first kappa shape index (κ1) is 12.5. The fourth-order valence-electron chi connectivity index (χ4n) is 2.47. The van der Waals surface area contributed by atoms with Crippen LogP contribution in [0.3, 0.4) is 0 Å². The molecule has 1 unspecified atom stereocenters. The molecule has 4 nitrogen and oxygen atoms in total. The normalized spacial score (nSPS) is 18.9. The molecule has 1 amide bonds. The van der Waals surface area contributed by atoms with Crippen LogP contribution in [0, 0.1) is 0 Å². The lowest BCUT2D eigenvalue weighted by atomic mass is 10.2. The highest BCUT2D eigenvalue weighted by Crippen LogP contribution is 2.20. The predicted octanol–water partition coefficient (Wildman–Crippen LogP) is 2.30. The van der Waals surface area contributed by atoms with E-state index in [0.717, 1.165) is 23.9 Å². The van der Waals surface area contributed by atoms with Gasteiger partial charge in [-0.1, -0.05) is 11.6 Å². The van der Waals surface area contributed by atoms with Gasteiger partial charge in [-0.05, 0) is 43.7 Å². The second-order valence-corrected chi connectivity index (χ2v) is 5.35. The molecular weight excluding hydrogens is 262 g/mol. The van der Waals surface area contributed by atoms with Gasteiger partial charge < -0.3 is 15.6 Å². The van der Waals surface area contributed by atoms with Crippen molar-refractivity contribution in [3.63, 3.8) is 0 Å². The molecule has 0 spiro atoms. The lowest BCUT2D eigenvalue weighted by Gasteiger charge is -2.10. The van der Waals surface area contributed by atoms with Gasteiger partial charge in [-0.3, -0.25) is 4.79 Å². The van der Waals surface area contributed by atoms with Crippen molar-refractivity contribution >= 4 is 28.4 Å². The topological polar surface area (TPSA) is 56.9 Å². The Hall–Kier alpha value is -1.52. The Morgan fingerprint density at radius 2 is 2.32 bits per heavy atom. The van der Waals surface area contributed by atoms with Crippen molar-refractivity contribution in [3.8, 4) is 0 Å². The van der Waals surface area contributed by atoms with Gasteiger partial charge in [0.15, 0.2) is 0 Å². The summed E-state index contributed by atoms with van der Waals surface area (Å²) in [4.78, 5) is 15.2. The summed E-state index contributed by atoms with van der Waals surface area (Å²) in [6.45, 7) is 1.72. The Labute approximate surface area is 116 Å². The van der Waals surface area contributed by atoms with Gasteiger partial charge >= 0.3 is 0 Å². The van der Waals surface area contributed by atoms with Crippen LogP contribution in [0.2, 0.25) is 5.02 Å². The summed E-state index contributed by atoms with van der Waals surface area (Å²) >= 11 is 5.93. The largest absolute Gasteiger partial charge is 0.351 e. The molecule has 0 aliphatic carbocycles. The molecule has 5 heteroatoms. The third-order valence-electron chi connectivity index (χ3n) is 3.50. The molecule has 0 radical (unpaired) electrons. The van der Waals surface area contributed by atoms with Gasteiger partial charge in [0.2, 0.25) is 0 Å². The summed E-state index contributed by atoms with van der Waals surface area (Å²) in [7, 11) is 0. The second-order valence-electron chi connectivity index (χ2n) is 4.92. The molecule has 19 heavy (non-hydrogen) atoms. The van der Waals surface area contributed by atoms with Crippen LogP contribution in [0.5, 0.6) is 0 Å². The minimum atomic E-state index is -0.0685. The smallest absolute Gasteiger partial charge is 0.267 e. The lowest BCUT2D eigenvalue weighted by molar-refractivity contribution is 0.0946. The van der Waals surface area contributed by atoms with Crippen molar-refractivity contribution in [3.05, 3.63) is 35.0 Å². The van der Waals surface area contributed by atoms with Crippen LogP contribution in [-0.4, -0.2) is 30.0 Å². The van der Waals surface area contributed by atoms with Crippen LogP contribution in [-0.2, 0) is 0 Å². The van der Waals surface area contributed by atoms with E-state index >= 15 is 0 Å². The maximum absolute atomic E-state index is 12.1. The zero-order chi connectivity index (χ0) is 13.2. The summed E-state index contributed by atoms with van der Waals surface area (Å²) in [5.41, 5.74) is 1.50. The fraction of sp³-hybridized carbons (Fsp3) is 0.357. The van der Waals surface area contributed by atoms with E-state index in [1.165, 1.54) is 6.42 Å². The lowest BCUT2D eigenvalue weighted by Crippen LogP contribution is -2.37. The standard InChI is InChI=1S/C14H16ClN3O/c15-10-3-4-12-9(6-10)7-13(18-12)14(19)17-8-11-2-1-5-16-11/h3-4,6-7,11,16,18H,1-2,5,8H2,(H,17,19). The number of hydrogen-bond acceptors (Lipinski definition) is 2. The van der Waals surface area contributed by atoms with Crippen molar-refractivity contribution in [1.82, 2.24) is 15.6 Å². The molecule has 100 valence electrons. The van der Waals surface area contributed by atoms with Gasteiger partial charge in [0.1, 0.15) is 5.69 Å². The minimum Gasteiger partial charge on any atom is -0.351 e. The third-order valence-corrected chi connectivity index (χ3v) is 3.73. The molecule has 1 aromatic heterocycles. The highest BCUT2D eigenvalue weighted by atomic mass is 35.5.